The topological polar surface area (TPSA) is 61.4 Å². The molecule has 1 aromatic carbocycles. The molecule has 1 aliphatic rings. The fourth-order valence-electron chi connectivity index (χ4n) is 2.08. The summed E-state index contributed by atoms with van der Waals surface area (Å²) in [7, 11) is 0. The summed E-state index contributed by atoms with van der Waals surface area (Å²) >= 11 is 5.82. The van der Waals surface area contributed by atoms with Gasteiger partial charge in [0.1, 0.15) is 0 Å². The maximum absolute atomic E-state index is 12.0. The Bertz CT molecular complexity index is 516. The molecule has 0 aromatic heterocycles. The Morgan fingerprint density at radius 3 is 2.80 bits per heavy atom. The number of halogens is 1. The van der Waals surface area contributed by atoms with Crippen LogP contribution >= 0.6 is 11.6 Å². The minimum atomic E-state index is -0.291. The third-order valence-electron chi connectivity index (χ3n) is 3.01. The number of nitrogens with zero attached hydrogens (tertiary/aromatic N) is 1. The van der Waals surface area contributed by atoms with Crippen LogP contribution in [0.15, 0.2) is 36.9 Å². The highest BCUT2D eigenvalue weighted by Gasteiger charge is 2.31. The molecule has 0 unspecified atom stereocenters. The van der Waals surface area contributed by atoms with Crippen LogP contribution in [0, 0.1) is 0 Å². The Balaban J connectivity index is 1.95. The molecular weight excluding hydrogens is 278 g/mol. The molecule has 1 heterocycles. The summed E-state index contributed by atoms with van der Waals surface area (Å²) in [6.45, 7) is 4.38. The molecule has 2 rings (SSSR count). The van der Waals surface area contributed by atoms with Crippen molar-refractivity contribution in [2.24, 2.45) is 0 Å². The van der Waals surface area contributed by atoms with Gasteiger partial charge in [0.05, 0.1) is 6.04 Å². The Morgan fingerprint density at radius 2 is 2.15 bits per heavy atom. The van der Waals surface area contributed by atoms with E-state index in [1.54, 1.807) is 35.2 Å². The van der Waals surface area contributed by atoms with Crippen LogP contribution in [0.25, 0.3) is 0 Å². The number of rotatable bonds is 4. The molecule has 0 aliphatic carbocycles. The van der Waals surface area contributed by atoms with Gasteiger partial charge >= 0.3 is 6.03 Å². The van der Waals surface area contributed by atoms with E-state index in [-0.39, 0.29) is 18.0 Å². The van der Waals surface area contributed by atoms with E-state index in [0.717, 1.165) is 5.69 Å². The molecule has 5 nitrogen and oxygen atoms in total. The molecule has 1 saturated heterocycles. The Morgan fingerprint density at radius 1 is 1.45 bits per heavy atom. The van der Waals surface area contributed by atoms with E-state index in [1.165, 1.54) is 0 Å². The second-order valence-corrected chi connectivity index (χ2v) is 4.96. The van der Waals surface area contributed by atoms with E-state index in [0.29, 0.717) is 24.5 Å². The Kier molecular flexibility index (Phi) is 4.63. The number of carbonyl (C=O) groups is 2. The molecule has 2 N–H and O–H groups in total. The number of benzene rings is 1. The Hall–Kier alpha value is -2.01. The highest BCUT2D eigenvalue weighted by atomic mass is 35.5. The molecule has 1 aliphatic heterocycles. The summed E-state index contributed by atoms with van der Waals surface area (Å²) in [6, 6.07) is 6.58. The predicted molar refractivity (Wildman–Crippen MR) is 78.9 cm³/mol. The van der Waals surface area contributed by atoms with Gasteiger partial charge in [0.25, 0.3) is 0 Å². The number of anilines is 1. The summed E-state index contributed by atoms with van der Waals surface area (Å²) in [5.74, 6) is -0.0126. The predicted octanol–water partition coefficient (Wildman–Crippen LogP) is 1.93. The number of nitrogens with one attached hydrogen (secondary N) is 2. The molecule has 0 radical (unpaired) electrons. The van der Waals surface area contributed by atoms with Gasteiger partial charge in [-0.2, -0.15) is 0 Å². The normalized spacial score (nSPS) is 17.9. The first-order chi connectivity index (χ1) is 9.60. The molecule has 0 spiro atoms. The summed E-state index contributed by atoms with van der Waals surface area (Å²) in [5.41, 5.74) is 0.787. The monoisotopic (exact) mass is 293 g/mol. The van der Waals surface area contributed by atoms with Crippen molar-refractivity contribution in [3.63, 3.8) is 0 Å². The first kappa shape index (κ1) is 14.4. The maximum atomic E-state index is 12.0. The highest BCUT2D eigenvalue weighted by Crippen LogP contribution is 2.23. The summed E-state index contributed by atoms with van der Waals surface area (Å²) in [4.78, 5) is 25.2. The molecule has 0 saturated carbocycles. The van der Waals surface area contributed by atoms with Crippen molar-refractivity contribution in [2.45, 2.75) is 12.5 Å². The lowest BCUT2D eigenvalue weighted by Crippen LogP contribution is -2.43. The SMILES string of the molecule is C=CCNC(=O)N[C@@H]1CC(=O)N(c2ccc(Cl)cc2)C1. The molecule has 6 heteroatoms. The van der Waals surface area contributed by atoms with E-state index >= 15 is 0 Å². The molecular formula is C14H16ClN3O2. The summed E-state index contributed by atoms with van der Waals surface area (Å²) in [5, 5.41) is 6.01. The molecule has 106 valence electrons. The molecule has 1 aromatic rings. The van der Waals surface area contributed by atoms with Crippen LogP contribution in [0.4, 0.5) is 10.5 Å². The van der Waals surface area contributed by atoms with Crippen molar-refractivity contribution in [3.05, 3.63) is 41.9 Å². The average Bonchev–Trinajstić information content (AvgIpc) is 2.78. The lowest BCUT2D eigenvalue weighted by Gasteiger charge is -2.17. The summed E-state index contributed by atoms with van der Waals surface area (Å²) < 4.78 is 0. The average molecular weight is 294 g/mol. The second-order valence-electron chi connectivity index (χ2n) is 4.52. The van der Waals surface area contributed by atoms with Gasteiger partial charge in [0, 0.05) is 30.2 Å². The standard InChI is InChI=1S/C14H16ClN3O2/c1-2-7-16-14(20)17-11-8-13(19)18(9-11)12-5-3-10(15)4-6-12/h2-6,11H,1,7-9H2,(H2,16,17,20)/t11-/m1/s1. The van der Waals surface area contributed by atoms with Crippen molar-refractivity contribution in [1.82, 2.24) is 10.6 Å². The van der Waals surface area contributed by atoms with Crippen LogP contribution < -0.4 is 15.5 Å². The minimum absolute atomic E-state index is 0.0126. The Labute approximate surface area is 122 Å². The number of hydrogen-bond donors (Lipinski definition) is 2. The lowest BCUT2D eigenvalue weighted by molar-refractivity contribution is -0.117. The largest absolute Gasteiger partial charge is 0.335 e. The van der Waals surface area contributed by atoms with Crippen molar-refractivity contribution < 1.29 is 9.59 Å². The number of urea groups is 1. The van der Waals surface area contributed by atoms with Gasteiger partial charge in [-0.15, -0.1) is 6.58 Å². The zero-order valence-corrected chi connectivity index (χ0v) is 11.7. The number of carbonyl (C=O) groups excluding carboxylic acids is 2. The van der Waals surface area contributed by atoms with Crippen LogP contribution in [0.5, 0.6) is 0 Å². The maximum Gasteiger partial charge on any atom is 0.315 e. The zero-order chi connectivity index (χ0) is 14.5. The fraction of sp³-hybridized carbons (Fsp3) is 0.286. The van der Waals surface area contributed by atoms with Crippen molar-refractivity contribution in [3.8, 4) is 0 Å². The van der Waals surface area contributed by atoms with Crippen LogP contribution in [0.2, 0.25) is 5.02 Å². The third-order valence-corrected chi connectivity index (χ3v) is 3.26. The smallest absolute Gasteiger partial charge is 0.315 e. The first-order valence-electron chi connectivity index (χ1n) is 6.31. The first-order valence-corrected chi connectivity index (χ1v) is 6.69. The van der Waals surface area contributed by atoms with E-state index in [1.807, 2.05) is 0 Å². The molecule has 3 amide bonds. The molecule has 0 bridgehead atoms. The van der Waals surface area contributed by atoms with Gasteiger partial charge in [0.2, 0.25) is 5.91 Å². The van der Waals surface area contributed by atoms with E-state index in [4.69, 9.17) is 11.6 Å². The van der Waals surface area contributed by atoms with E-state index < -0.39 is 0 Å². The quantitative estimate of drug-likeness (QED) is 0.833. The molecule has 1 fully saturated rings. The highest BCUT2D eigenvalue weighted by molar-refractivity contribution is 6.30. The van der Waals surface area contributed by atoms with Gasteiger partial charge < -0.3 is 15.5 Å². The van der Waals surface area contributed by atoms with Crippen LogP contribution in [-0.4, -0.2) is 31.1 Å². The van der Waals surface area contributed by atoms with Gasteiger partial charge in [-0.25, -0.2) is 4.79 Å². The van der Waals surface area contributed by atoms with Gasteiger partial charge in [-0.05, 0) is 24.3 Å². The number of hydrogen-bond acceptors (Lipinski definition) is 2. The van der Waals surface area contributed by atoms with E-state index in [2.05, 4.69) is 17.2 Å². The second kappa shape index (κ2) is 6.43. The summed E-state index contributed by atoms with van der Waals surface area (Å²) in [6.07, 6.45) is 1.89. The zero-order valence-electron chi connectivity index (χ0n) is 10.9. The lowest BCUT2D eigenvalue weighted by atomic mass is 10.2. The van der Waals surface area contributed by atoms with Crippen molar-refractivity contribution in [1.29, 1.82) is 0 Å². The van der Waals surface area contributed by atoms with Gasteiger partial charge in [-0.1, -0.05) is 17.7 Å². The molecule has 1 atom stereocenters. The van der Waals surface area contributed by atoms with Crippen LogP contribution in [0.3, 0.4) is 0 Å². The van der Waals surface area contributed by atoms with Gasteiger partial charge in [-0.3, -0.25) is 4.79 Å². The van der Waals surface area contributed by atoms with Crippen molar-refractivity contribution in [2.75, 3.05) is 18.0 Å². The molecule has 20 heavy (non-hydrogen) atoms. The third kappa shape index (κ3) is 3.51. The van der Waals surface area contributed by atoms with Crippen LogP contribution in [0.1, 0.15) is 6.42 Å². The van der Waals surface area contributed by atoms with Gasteiger partial charge in [0.15, 0.2) is 0 Å². The minimum Gasteiger partial charge on any atom is -0.335 e. The van der Waals surface area contributed by atoms with E-state index in [9.17, 15) is 9.59 Å². The number of amides is 3. The van der Waals surface area contributed by atoms with Crippen LogP contribution in [-0.2, 0) is 4.79 Å². The van der Waals surface area contributed by atoms with Crippen molar-refractivity contribution >= 4 is 29.2 Å². The fourth-order valence-corrected chi connectivity index (χ4v) is 2.20.